The smallest absolute Gasteiger partial charge is 0.429 e. The summed E-state index contributed by atoms with van der Waals surface area (Å²) in [4.78, 5) is 31.0. The first kappa shape index (κ1) is 38.4. The van der Waals surface area contributed by atoms with E-state index in [9.17, 15) is 26.8 Å². The number of benzene rings is 2. The van der Waals surface area contributed by atoms with E-state index in [-0.39, 0.29) is 57.5 Å². The topological polar surface area (TPSA) is 131 Å². The Kier molecular flexibility index (Phi) is 11.9. The fourth-order valence-corrected chi connectivity index (χ4v) is 6.23. The van der Waals surface area contributed by atoms with Gasteiger partial charge in [0.15, 0.2) is 11.5 Å². The van der Waals surface area contributed by atoms with E-state index in [1.54, 1.807) is 20.8 Å². The van der Waals surface area contributed by atoms with Crippen molar-refractivity contribution in [1.29, 1.82) is 0 Å². The summed E-state index contributed by atoms with van der Waals surface area (Å²) in [6, 6.07) is 8.05. The van der Waals surface area contributed by atoms with E-state index in [1.807, 2.05) is 0 Å². The van der Waals surface area contributed by atoms with Gasteiger partial charge in [-0.1, -0.05) is 29.3 Å². The molecule has 51 heavy (non-hydrogen) atoms. The first-order valence-electron chi connectivity index (χ1n) is 16.2. The molecular weight excluding hydrogens is 733 g/mol. The molecule has 1 unspecified atom stereocenters. The number of hydrogen-bond donors (Lipinski definition) is 0. The number of nitrogens with zero attached hydrogens (tertiary/aromatic N) is 2. The Morgan fingerprint density at radius 2 is 1.53 bits per heavy atom. The molecule has 3 aromatic rings. The molecule has 16 heteroatoms. The van der Waals surface area contributed by atoms with Crippen molar-refractivity contribution >= 4 is 51.0 Å². The van der Waals surface area contributed by atoms with Crippen LogP contribution in [0.25, 0.3) is 0 Å². The fourth-order valence-electron chi connectivity index (χ4n) is 4.90. The number of carbonyl (C=O) groups is 2. The van der Waals surface area contributed by atoms with Gasteiger partial charge in [0.1, 0.15) is 23.1 Å². The van der Waals surface area contributed by atoms with Crippen LogP contribution in [0, 0.1) is 11.8 Å². The molecule has 2 fully saturated rings. The molecule has 0 N–H and O–H groups in total. The summed E-state index contributed by atoms with van der Waals surface area (Å²) in [7, 11) is -4.22. The molecule has 1 amide bonds. The van der Waals surface area contributed by atoms with Gasteiger partial charge in [-0.25, -0.2) is 18.0 Å². The standard InChI is InChI=1S/C35H38Cl2F2N2O9S/c1-35(2,3)50-34(43)41(51(4,44)45)27-11-9-23(14-30(27)46-18-20-5-6-20)32(42)48-29(15-24-25(36)16-40-17-26(24)37)22-10-12-28(49-33(38)39)31(13-22)47-19-21-7-8-21/h9-14,16-17,20-21,29,33H,5-8,15,18-19H2,1-4H3. The van der Waals surface area contributed by atoms with Crippen LogP contribution in [0.5, 0.6) is 17.2 Å². The first-order valence-corrected chi connectivity index (χ1v) is 18.8. The summed E-state index contributed by atoms with van der Waals surface area (Å²) >= 11 is 12.9. The fraction of sp³-hybridized carbons (Fsp3) is 0.457. The van der Waals surface area contributed by atoms with E-state index in [2.05, 4.69) is 9.72 Å². The molecule has 0 radical (unpaired) electrons. The number of carbonyl (C=O) groups excluding carboxylic acids is 2. The number of esters is 1. The van der Waals surface area contributed by atoms with Crippen LogP contribution < -0.4 is 18.5 Å². The molecule has 1 heterocycles. The van der Waals surface area contributed by atoms with E-state index in [0.29, 0.717) is 28.0 Å². The third kappa shape index (κ3) is 10.8. The van der Waals surface area contributed by atoms with Gasteiger partial charge in [-0.15, -0.1) is 0 Å². The number of hydrogen-bond acceptors (Lipinski definition) is 10. The predicted molar refractivity (Wildman–Crippen MR) is 186 cm³/mol. The number of ether oxygens (including phenoxy) is 5. The lowest BCUT2D eigenvalue weighted by atomic mass is 10.0. The summed E-state index contributed by atoms with van der Waals surface area (Å²) in [5, 5.41) is 0.407. The molecular formula is C35H38Cl2F2N2O9S. The third-order valence-corrected chi connectivity index (χ3v) is 9.46. The van der Waals surface area contributed by atoms with Gasteiger partial charge in [-0.2, -0.15) is 13.1 Å². The zero-order valence-corrected chi connectivity index (χ0v) is 30.7. The molecule has 0 spiro atoms. The van der Waals surface area contributed by atoms with Gasteiger partial charge in [0, 0.05) is 18.8 Å². The van der Waals surface area contributed by atoms with Gasteiger partial charge in [-0.3, -0.25) is 4.98 Å². The van der Waals surface area contributed by atoms with Crippen molar-refractivity contribution < 1.29 is 50.5 Å². The van der Waals surface area contributed by atoms with Gasteiger partial charge in [-0.05, 0) is 99.7 Å². The van der Waals surface area contributed by atoms with Crippen LogP contribution in [0.15, 0.2) is 48.8 Å². The zero-order chi connectivity index (χ0) is 37.1. The van der Waals surface area contributed by atoms with E-state index in [1.165, 1.54) is 48.8 Å². The average molecular weight is 772 g/mol. The van der Waals surface area contributed by atoms with Gasteiger partial charge < -0.3 is 23.7 Å². The van der Waals surface area contributed by atoms with Crippen LogP contribution in [-0.2, 0) is 25.9 Å². The van der Waals surface area contributed by atoms with Crippen molar-refractivity contribution in [3.05, 3.63) is 75.5 Å². The normalized spacial score (nSPS) is 15.2. The highest BCUT2D eigenvalue weighted by atomic mass is 35.5. The SMILES string of the molecule is CC(C)(C)OC(=O)N(c1ccc(C(=O)OC(Cc2c(Cl)cncc2Cl)c2ccc(OC(F)F)c(OCC3CC3)c2)cc1OCC1CC1)S(C)(=O)=O. The number of halogens is 4. The van der Waals surface area contributed by atoms with E-state index < -0.39 is 40.4 Å². The van der Waals surface area contributed by atoms with Gasteiger partial charge in [0.05, 0.1) is 35.1 Å². The quantitative estimate of drug-likeness (QED) is 0.139. The summed E-state index contributed by atoms with van der Waals surface area (Å²) in [6.07, 6.45) is 5.05. The molecule has 2 aliphatic rings. The van der Waals surface area contributed by atoms with Crippen molar-refractivity contribution in [3.63, 3.8) is 0 Å². The number of aromatic nitrogens is 1. The predicted octanol–water partition coefficient (Wildman–Crippen LogP) is 8.41. The molecule has 5 rings (SSSR count). The molecule has 2 saturated carbocycles. The number of amides is 1. The molecule has 0 aliphatic heterocycles. The van der Waals surface area contributed by atoms with Crippen LogP contribution in [0.3, 0.4) is 0 Å². The Morgan fingerprint density at radius 3 is 2.08 bits per heavy atom. The first-order chi connectivity index (χ1) is 24.0. The molecule has 0 saturated heterocycles. The second-order valence-electron chi connectivity index (χ2n) is 13.5. The lowest BCUT2D eigenvalue weighted by Gasteiger charge is -2.27. The lowest BCUT2D eigenvalue weighted by molar-refractivity contribution is -0.0515. The third-order valence-electron chi connectivity index (χ3n) is 7.79. The minimum absolute atomic E-state index is 0.0378. The summed E-state index contributed by atoms with van der Waals surface area (Å²) in [5.41, 5.74) is -0.440. The number of rotatable bonds is 15. The van der Waals surface area contributed by atoms with E-state index in [4.69, 9.17) is 42.1 Å². The maximum absolute atomic E-state index is 13.9. The summed E-state index contributed by atoms with van der Waals surface area (Å²) < 4.78 is 80.7. The Labute approximate surface area is 305 Å². The number of anilines is 1. The van der Waals surface area contributed by atoms with Crippen LogP contribution >= 0.6 is 23.2 Å². The minimum Gasteiger partial charge on any atom is -0.491 e. The van der Waals surface area contributed by atoms with Crippen molar-refractivity contribution in [2.75, 3.05) is 23.8 Å². The van der Waals surface area contributed by atoms with Crippen LogP contribution in [-0.4, -0.2) is 57.1 Å². The molecule has 2 aliphatic carbocycles. The van der Waals surface area contributed by atoms with Crippen LogP contribution in [0.2, 0.25) is 10.0 Å². The highest BCUT2D eigenvalue weighted by molar-refractivity contribution is 7.92. The van der Waals surface area contributed by atoms with E-state index >= 15 is 0 Å². The Balaban J connectivity index is 1.51. The molecule has 1 atom stereocenters. The minimum atomic E-state index is -4.22. The molecule has 11 nitrogen and oxygen atoms in total. The zero-order valence-electron chi connectivity index (χ0n) is 28.4. The molecule has 0 bridgehead atoms. The Bertz CT molecular complexity index is 1850. The van der Waals surface area contributed by atoms with Crippen LogP contribution in [0.1, 0.15) is 74.0 Å². The second kappa shape index (κ2) is 15.8. The lowest BCUT2D eigenvalue weighted by Crippen LogP contribution is -2.40. The van der Waals surface area contributed by atoms with Crippen molar-refractivity contribution in [3.8, 4) is 17.2 Å². The summed E-state index contributed by atoms with van der Waals surface area (Å²) in [6.45, 7) is 2.20. The van der Waals surface area contributed by atoms with Gasteiger partial charge >= 0.3 is 18.7 Å². The Hall–Kier alpha value is -3.88. The van der Waals surface area contributed by atoms with Crippen molar-refractivity contribution in [1.82, 2.24) is 4.98 Å². The maximum atomic E-state index is 13.9. The summed E-state index contributed by atoms with van der Waals surface area (Å²) in [5.74, 6) is -0.545. The maximum Gasteiger partial charge on any atom is 0.429 e. The van der Waals surface area contributed by atoms with Crippen molar-refractivity contribution in [2.45, 2.75) is 71.2 Å². The Morgan fingerprint density at radius 1 is 0.922 bits per heavy atom. The monoisotopic (exact) mass is 770 g/mol. The highest BCUT2D eigenvalue weighted by Crippen LogP contribution is 2.40. The van der Waals surface area contributed by atoms with Crippen molar-refractivity contribution in [2.24, 2.45) is 11.8 Å². The molecule has 1 aromatic heterocycles. The van der Waals surface area contributed by atoms with Gasteiger partial charge in [0.25, 0.3) is 0 Å². The molecule has 2 aromatic carbocycles. The number of sulfonamides is 1. The average Bonchev–Trinajstić information content (AvgIpc) is 3.95. The largest absolute Gasteiger partial charge is 0.491 e. The van der Waals surface area contributed by atoms with E-state index in [0.717, 1.165) is 31.9 Å². The number of alkyl halides is 2. The van der Waals surface area contributed by atoms with Gasteiger partial charge in [0.2, 0.25) is 10.0 Å². The van der Waals surface area contributed by atoms with Crippen LogP contribution in [0.4, 0.5) is 19.3 Å². The second-order valence-corrected chi connectivity index (χ2v) is 16.1. The highest BCUT2D eigenvalue weighted by Gasteiger charge is 2.34. The molecule has 276 valence electrons. The number of pyridine rings is 1.